The first-order chi connectivity index (χ1) is 22.2. The van der Waals surface area contributed by atoms with Crippen LogP contribution in [0.5, 0.6) is 5.75 Å². The first-order valence-electron chi connectivity index (χ1n) is 15.7. The van der Waals surface area contributed by atoms with Crippen molar-refractivity contribution in [2.24, 2.45) is 5.73 Å². The van der Waals surface area contributed by atoms with Crippen molar-refractivity contribution >= 4 is 29.3 Å². The van der Waals surface area contributed by atoms with E-state index in [4.69, 9.17) is 22.1 Å². The molecule has 246 valence electrons. The van der Waals surface area contributed by atoms with Gasteiger partial charge in [-0.25, -0.2) is 0 Å². The number of hydrogen-bond donors (Lipinski definition) is 5. The Morgan fingerprint density at radius 3 is 2.41 bits per heavy atom. The highest BCUT2D eigenvalue weighted by Gasteiger charge is 2.34. The number of benzene rings is 3. The molecular formula is C35H45ClN6O4. The van der Waals surface area contributed by atoms with Crippen LogP contribution < -0.4 is 31.7 Å². The van der Waals surface area contributed by atoms with Crippen LogP contribution in [0, 0.1) is 0 Å². The van der Waals surface area contributed by atoms with Gasteiger partial charge in [-0.1, -0.05) is 54.1 Å². The van der Waals surface area contributed by atoms with Gasteiger partial charge in [0, 0.05) is 38.0 Å². The average molecular weight is 649 g/mol. The number of carbonyl (C=O) groups excluding carboxylic acids is 3. The van der Waals surface area contributed by atoms with Crippen molar-refractivity contribution in [3.8, 4) is 16.9 Å². The van der Waals surface area contributed by atoms with Gasteiger partial charge in [-0.15, -0.1) is 0 Å². The predicted molar refractivity (Wildman–Crippen MR) is 182 cm³/mol. The lowest BCUT2D eigenvalue weighted by Gasteiger charge is -2.32. The minimum Gasteiger partial charge on any atom is -0.489 e. The van der Waals surface area contributed by atoms with Crippen molar-refractivity contribution in [3.63, 3.8) is 0 Å². The monoisotopic (exact) mass is 648 g/mol. The van der Waals surface area contributed by atoms with Crippen molar-refractivity contribution in [1.29, 1.82) is 0 Å². The Bertz CT molecular complexity index is 1490. The molecule has 4 rings (SSSR count). The number of nitrogens with one attached hydrogen (secondary N) is 4. The van der Waals surface area contributed by atoms with Crippen LogP contribution in [-0.4, -0.2) is 81.5 Å². The molecule has 0 unspecified atom stereocenters. The first kappa shape index (κ1) is 34.9. The van der Waals surface area contributed by atoms with Crippen LogP contribution in [-0.2, 0) is 33.8 Å². The molecule has 3 aromatic rings. The standard InChI is InChI=1S/C35H45ClN6O4/c1-38-16-7-10-29-35(45)42(3)31(34(44)40-17-15-37)21-26-18-24(11-13-28(26)36)25-12-14-32(46-22-23-8-5-4-6-9-23)27(19-25)20-30(39-2)33(43)41-29/h4-6,8-9,11-14,18-19,29-31,38-39H,7,10,15-17,20-22,37H2,1-3H3,(H,40,44)(H,41,43)/t29-,30-,31-/m0/s1. The summed E-state index contributed by atoms with van der Waals surface area (Å²) in [7, 11) is 5.15. The molecule has 10 nitrogen and oxygen atoms in total. The summed E-state index contributed by atoms with van der Waals surface area (Å²) in [6, 6.07) is 19.1. The molecule has 0 radical (unpaired) electrons. The Balaban J connectivity index is 1.80. The second kappa shape index (κ2) is 17.1. The molecule has 1 heterocycles. The van der Waals surface area contributed by atoms with Gasteiger partial charge in [0.1, 0.15) is 24.4 Å². The summed E-state index contributed by atoms with van der Waals surface area (Å²) in [6.45, 7) is 1.56. The second-order valence-corrected chi connectivity index (χ2v) is 11.9. The minimum absolute atomic E-state index is 0.173. The Hall–Kier alpha value is -3.96. The summed E-state index contributed by atoms with van der Waals surface area (Å²) in [5, 5.41) is 12.5. The van der Waals surface area contributed by atoms with Crippen LogP contribution in [0.4, 0.5) is 0 Å². The minimum atomic E-state index is -0.884. The fraction of sp³-hybridized carbons (Fsp3) is 0.400. The van der Waals surface area contributed by atoms with E-state index < -0.39 is 18.1 Å². The van der Waals surface area contributed by atoms with E-state index in [1.165, 1.54) is 4.90 Å². The molecule has 3 amide bonds. The lowest BCUT2D eigenvalue weighted by atomic mass is 9.95. The average Bonchev–Trinajstić information content (AvgIpc) is 3.07. The van der Waals surface area contributed by atoms with Gasteiger partial charge in [-0.2, -0.15) is 0 Å². The van der Waals surface area contributed by atoms with Gasteiger partial charge in [0.15, 0.2) is 0 Å². The fourth-order valence-electron chi connectivity index (χ4n) is 5.59. The van der Waals surface area contributed by atoms with E-state index in [1.54, 1.807) is 14.1 Å². The van der Waals surface area contributed by atoms with Gasteiger partial charge in [0.2, 0.25) is 17.7 Å². The maximum atomic E-state index is 14.1. The Morgan fingerprint density at radius 1 is 1.00 bits per heavy atom. The summed E-state index contributed by atoms with van der Waals surface area (Å²) in [6.07, 6.45) is 1.52. The Kier molecular flexibility index (Phi) is 13.0. The van der Waals surface area contributed by atoms with E-state index in [9.17, 15) is 14.4 Å². The highest BCUT2D eigenvalue weighted by molar-refractivity contribution is 6.31. The van der Waals surface area contributed by atoms with Crippen LogP contribution in [0.1, 0.15) is 29.5 Å². The van der Waals surface area contributed by atoms with E-state index in [2.05, 4.69) is 21.3 Å². The van der Waals surface area contributed by atoms with Crippen molar-refractivity contribution < 1.29 is 19.1 Å². The van der Waals surface area contributed by atoms with Crippen LogP contribution in [0.3, 0.4) is 0 Å². The third kappa shape index (κ3) is 9.07. The van der Waals surface area contributed by atoms with Crippen molar-refractivity contribution in [2.75, 3.05) is 40.8 Å². The zero-order chi connectivity index (χ0) is 33.1. The maximum absolute atomic E-state index is 14.1. The third-order valence-corrected chi connectivity index (χ3v) is 8.64. The number of halogens is 1. The molecule has 1 aliphatic rings. The molecule has 11 heteroatoms. The van der Waals surface area contributed by atoms with Crippen LogP contribution in [0.2, 0.25) is 5.02 Å². The topological polar surface area (TPSA) is 138 Å². The summed E-state index contributed by atoms with van der Waals surface area (Å²) in [4.78, 5) is 42.7. The predicted octanol–water partition coefficient (Wildman–Crippen LogP) is 2.66. The largest absolute Gasteiger partial charge is 0.489 e. The number of nitrogens with two attached hydrogens (primary N) is 1. The van der Waals surface area contributed by atoms with Crippen LogP contribution in [0.15, 0.2) is 66.7 Å². The summed E-state index contributed by atoms with van der Waals surface area (Å²) in [5.41, 5.74) is 10.0. The molecule has 4 bridgehead atoms. The van der Waals surface area contributed by atoms with Crippen LogP contribution >= 0.6 is 11.6 Å². The molecule has 0 saturated carbocycles. The van der Waals surface area contributed by atoms with E-state index in [0.717, 1.165) is 27.8 Å². The number of carbonyl (C=O) groups is 3. The van der Waals surface area contributed by atoms with Crippen molar-refractivity contribution in [1.82, 2.24) is 26.2 Å². The van der Waals surface area contributed by atoms with Gasteiger partial charge in [-0.05, 0) is 85.6 Å². The van der Waals surface area contributed by atoms with Gasteiger partial charge in [0.05, 0.1) is 6.04 Å². The number of fused-ring (bicyclic) bond motifs is 5. The Labute approximate surface area is 276 Å². The number of ether oxygens (including phenoxy) is 1. The molecule has 0 aliphatic carbocycles. The quantitative estimate of drug-likeness (QED) is 0.202. The highest BCUT2D eigenvalue weighted by atomic mass is 35.5. The smallest absolute Gasteiger partial charge is 0.245 e. The molecule has 0 spiro atoms. The molecule has 6 N–H and O–H groups in total. The normalized spacial score (nSPS) is 18.7. The molecule has 3 aromatic carbocycles. The number of likely N-dealkylation sites (N-methyl/N-ethyl adjacent to an activating group) is 2. The zero-order valence-electron chi connectivity index (χ0n) is 26.8. The molecular weight excluding hydrogens is 604 g/mol. The van der Waals surface area contributed by atoms with E-state index in [1.807, 2.05) is 73.8 Å². The van der Waals surface area contributed by atoms with Gasteiger partial charge >= 0.3 is 0 Å². The molecule has 0 saturated heterocycles. The highest BCUT2D eigenvalue weighted by Crippen LogP contribution is 2.32. The lowest BCUT2D eigenvalue weighted by Crippen LogP contribution is -2.57. The zero-order valence-corrected chi connectivity index (χ0v) is 27.5. The van der Waals surface area contributed by atoms with Crippen LogP contribution in [0.25, 0.3) is 11.1 Å². The van der Waals surface area contributed by atoms with E-state index >= 15 is 0 Å². The van der Waals surface area contributed by atoms with Gasteiger partial charge in [0.25, 0.3) is 0 Å². The fourth-order valence-corrected chi connectivity index (χ4v) is 5.78. The molecule has 3 atom stereocenters. The molecule has 1 aliphatic heterocycles. The summed E-state index contributed by atoms with van der Waals surface area (Å²) >= 11 is 6.70. The van der Waals surface area contributed by atoms with Crippen molar-refractivity contribution in [2.45, 2.75) is 50.4 Å². The third-order valence-electron chi connectivity index (χ3n) is 8.27. The number of nitrogens with zero attached hydrogens (tertiary/aromatic N) is 1. The number of amides is 3. The molecule has 0 aromatic heterocycles. The summed E-state index contributed by atoms with van der Waals surface area (Å²) in [5.74, 6) is -0.359. The molecule has 0 fully saturated rings. The maximum Gasteiger partial charge on any atom is 0.245 e. The van der Waals surface area contributed by atoms with Gasteiger partial charge in [-0.3, -0.25) is 14.4 Å². The SMILES string of the molecule is CNCCC[C@@H]1NC(=O)[C@@H](NC)Cc2cc(ccc2OCc2ccccc2)-c2ccc(Cl)c(c2)C[C@@H](C(=O)NCCN)N(C)C1=O. The molecule has 46 heavy (non-hydrogen) atoms. The number of rotatable bonds is 11. The lowest BCUT2D eigenvalue weighted by molar-refractivity contribution is -0.142. The van der Waals surface area contributed by atoms with E-state index in [0.29, 0.717) is 43.2 Å². The number of hydrogen-bond acceptors (Lipinski definition) is 7. The Morgan fingerprint density at radius 2 is 1.72 bits per heavy atom. The first-order valence-corrected chi connectivity index (χ1v) is 16.1. The second-order valence-electron chi connectivity index (χ2n) is 11.5. The van der Waals surface area contributed by atoms with Crippen molar-refractivity contribution in [3.05, 3.63) is 88.4 Å². The van der Waals surface area contributed by atoms with Gasteiger partial charge < -0.3 is 36.6 Å². The van der Waals surface area contributed by atoms with E-state index in [-0.39, 0.29) is 37.2 Å². The summed E-state index contributed by atoms with van der Waals surface area (Å²) < 4.78 is 6.28.